The van der Waals surface area contributed by atoms with Crippen LogP contribution in [0.25, 0.3) is 6.08 Å². The molecule has 1 heterocycles. The van der Waals surface area contributed by atoms with Crippen molar-refractivity contribution >= 4 is 68.1 Å². The molecule has 1 aliphatic heterocycles. The second kappa shape index (κ2) is 12.5. The molecule has 0 unspecified atom stereocenters. The first kappa shape index (κ1) is 27.8. The van der Waals surface area contributed by atoms with Crippen LogP contribution in [0.2, 0.25) is 5.02 Å². The van der Waals surface area contributed by atoms with E-state index in [4.69, 9.17) is 21.1 Å². The molecule has 1 aliphatic rings. The Morgan fingerprint density at radius 1 is 1.08 bits per heavy atom. The van der Waals surface area contributed by atoms with Crippen LogP contribution in [-0.2, 0) is 16.1 Å². The van der Waals surface area contributed by atoms with Gasteiger partial charge in [-0.2, -0.15) is 0 Å². The summed E-state index contributed by atoms with van der Waals surface area (Å²) in [6, 6.07) is 17.8. The van der Waals surface area contributed by atoms with Crippen LogP contribution in [0, 0.1) is 6.92 Å². The number of amides is 3. The van der Waals surface area contributed by atoms with Gasteiger partial charge >= 0.3 is 0 Å². The van der Waals surface area contributed by atoms with E-state index in [1.807, 2.05) is 44.2 Å². The van der Waals surface area contributed by atoms with Gasteiger partial charge in [0, 0.05) is 15.2 Å². The maximum absolute atomic E-state index is 13.0. The summed E-state index contributed by atoms with van der Waals surface area (Å²) in [6.07, 6.45) is 1.64. The molecule has 7 nitrogen and oxygen atoms in total. The van der Waals surface area contributed by atoms with Crippen molar-refractivity contribution in [1.82, 2.24) is 4.90 Å². The van der Waals surface area contributed by atoms with Gasteiger partial charge in [0.05, 0.1) is 18.1 Å². The lowest BCUT2D eigenvalue weighted by Crippen LogP contribution is -2.27. The molecule has 3 aromatic carbocycles. The zero-order chi connectivity index (χ0) is 27.2. The Labute approximate surface area is 238 Å². The maximum atomic E-state index is 13.0. The molecule has 0 aliphatic carbocycles. The number of benzene rings is 3. The summed E-state index contributed by atoms with van der Waals surface area (Å²) in [5.41, 5.74) is 2.98. The number of carbonyl (C=O) groups excluding carboxylic acids is 3. The van der Waals surface area contributed by atoms with Crippen LogP contribution in [0.15, 0.2) is 70.0 Å². The van der Waals surface area contributed by atoms with E-state index in [9.17, 15) is 14.4 Å². The number of rotatable bonds is 9. The molecule has 1 fully saturated rings. The number of ether oxygens (including phenoxy) is 2. The summed E-state index contributed by atoms with van der Waals surface area (Å²) < 4.78 is 12.2. The van der Waals surface area contributed by atoms with Crippen molar-refractivity contribution in [1.29, 1.82) is 0 Å². The quantitative estimate of drug-likeness (QED) is 0.259. The van der Waals surface area contributed by atoms with Gasteiger partial charge in [-0.1, -0.05) is 57.9 Å². The predicted octanol–water partition coefficient (Wildman–Crippen LogP) is 7.06. The highest BCUT2D eigenvalue weighted by Gasteiger charge is 2.35. The average Bonchev–Trinajstić information content (AvgIpc) is 3.14. The molecular formula is C28H24BrClN2O5S. The molecule has 3 amide bonds. The summed E-state index contributed by atoms with van der Waals surface area (Å²) in [5, 5.41) is 2.98. The summed E-state index contributed by atoms with van der Waals surface area (Å²) in [7, 11) is 0. The third-order valence-corrected chi connectivity index (χ3v) is 7.63. The lowest BCUT2D eigenvalue weighted by molar-refractivity contribution is -0.123. The van der Waals surface area contributed by atoms with Crippen LogP contribution in [0.1, 0.15) is 23.6 Å². The van der Waals surface area contributed by atoms with E-state index in [0.717, 1.165) is 27.4 Å². The lowest BCUT2D eigenvalue weighted by Gasteiger charge is -2.14. The third kappa shape index (κ3) is 6.78. The smallest absolute Gasteiger partial charge is 0.293 e. The van der Waals surface area contributed by atoms with Gasteiger partial charge < -0.3 is 14.8 Å². The van der Waals surface area contributed by atoms with Crippen LogP contribution < -0.4 is 14.8 Å². The zero-order valence-corrected chi connectivity index (χ0v) is 23.8. The first-order valence-corrected chi connectivity index (χ1v) is 13.7. The standard InChI is InChI=1S/C28H24BrClN2O5S/c1-3-36-24-12-18(9-11-23(24)37-16-26(33)31-20-10-8-17(2)22(30)14-20)13-25-27(34)32(28(35)38-25)15-19-6-4-5-7-21(19)29/h4-14H,3,15-16H2,1-2H3,(H,31,33)/b25-13-. The topological polar surface area (TPSA) is 84.9 Å². The van der Waals surface area contributed by atoms with Gasteiger partial charge in [0.1, 0.15) is 0 Å². The summed E-state index contributed by atoms with van der Waals surface area (Å²) >= 11 is 10.5. The maximum Gasteiger partial charge on any atom is 0.293 e. The second-order valence-corrected chi connectivity index (χ2v) is 10.6. The Balaban J connectivity index is 1.44. The van der Waals surface area contributed by atoms with Gasteiger partial charge in [0.2, 0.25) is 0 Å². The molecule has 38 heavy (non-hydrogen) atoms. The minimum Gasteiger partial charge on any atom is -0.490 e. The van der Waals surface area contributed by atoms with Gasteiger partial charge in [0.15, 0.2) is 18.1 Å². The number of nitrogens with one attached hydrogen (secondary N) is 1. The van der Waals surface area contributed by atoms with Gasteiger partial charge in [-0.05, 0) is 78.7 Å². The number of hydrogen-bond acceptors (Lipinski definition) is 6. The molecule has 0 radical (unpaired) electrons. The van der Waals surface area contributed by atoms with Crippen molar-refractivity contribution in [3.05, 3.63) is 91.8 Å². The summed E-state index contributed by atoms with van der Waals surface area (Å²) in [5.74, 6) is 0.0834. The van der Waals surface area contributed by atoms with Crippen molar-refractivity contribution < 1.29 is 23.9 Å². The number of nitrogens with zero attached hydrogens (tertiary/aromatic N) is 1. The molecule has 0 bridgehead atoms. The molecule has 0 aromatic heterocycles. The summed E-state index contributed by atoms with van der Waals surface area (Å²) in [6.45, 7) is 4.02. The van der Waals surface area contributed by atoms with Crippen LogP contribution in [0.3, 0.4) is 0 Å². The largest absolute Gasteiger partial charge is 0.490 e. The average molecular weight is 616 g/mol. The molecule has 3 aromatic rings. The highest BCUT2D eigenvalue weighted by molar-refractivity contribution is 9.10. The minimum absolute atomic E-state index is 0.178. The molecule has 4 rings (SSSR count). The Morgan fingerprint density at radius 3 is 2.61 bits per heavy atom. The first-order valence-electron chi connectivity index (χ1n) is 11.7. The number of hydrogen-bond donors (Lipinski definition) is 1. The third-order valence-electron chi connectivity index (χ3n) is 5.54. The highest BCUT2D eigenvalue weighted by atomic mass is 79.9. The SMILES string of the molecule is CCOc1cc(/C=C2\SC(=O)N(Cc3ccccc3Br)C2=O)ccc1OCC(=O)Nc1ccc(C)c(Cl)c1. The highest BCUT2D eigenvalue weighted by Crippen LogP contribution is 2.36. The number of carbonyl (C=O) groups is 3. The lowest BCUT2D eigenvalue weighted by atomic mass is 10.1. The van der Waals surface area contributed by atoms with E-state index < -0.39 is 0 Å². The number of aryl methyl sites for hydroxylation is 1. The Bertz CT molecular complexity index is 1430. The second-order valence-electron chi connectivity index (χ2n) is 8.30. The molecule has 0 atom stereocenters. The van der Waals surface area contributed by atoms with E-state index in [1.54, 1.807) is 36.4 Å². The molecule has 10 heteroatoms. The molecular weight excluding hydrogens is 592 g/mol. The van der Waals surface area contributed by atoms with E-state index in [0.29, 0.717) is 39.3 Å². The predicted molar refractivity (Wildman–Crippen MR) is 154 cm³/mol. The summed E-state index contributed by atoms with van der Waals surface area (Å²) in [4.78, 5) is 39.5. The number of halogens is 2. The van der Waals surface area contributed by atoms with E-state index in [-0.39, 0.29) is 30.2 Å². The van der Waals surface area contributed by atoms with Crippen molar-refractivity contribution in [3.8, 4) is 11.5 Å². The Morgan fingerprint density at radius 2 is 1.87 bits per heavy atom. The van der Waals surface area contributed by atoms with Crippen molar-refractivity contribution in [2.75, 3.05) is 18.5 Å². The van der Waals surface area contributed by atoms with E-state index >= 15 is 0 Å². The Hall–Kier alpha value is -3.27. The van der Waals surface area contributed by atoms with Crippen molar-refractivity contribution in [2.24, 2.45) is 0 Å². The molecule has 1 N–H and O–H groups in total. The van der Waals surface area contributed by atoms with Gasteiger partial charge in [0.25, 0.3) is 17.1 Å². The fourth-order valence-electron chi connectivity index (χ4n) is 3.60. The van der Waals surface area contributed by atoms with Gasteiger partial charge in [-0.25, -0.2) is 0 Å². The molecule has 196 valence electrons. The van der Waals surface area contributed by atoms with Crippen LogP contribution in [-0.4, -0.2) is 35.2 Å². The normalized spacial score (nSPS) is 14.2. The molecule has 1 saturated heterocycles. The van der Waals surface area contributed by atoms with E-state index in [1.165, 1.54) is 4.90 Å². The Kier molecular flexibility index (Phi) is 9.14. The number of thioether (sulfide) groups is 1. The fraction of sp³-hybridized carbons (Fsp3) is 0.179. The van der Waals surface area contributed by atoms with Crippen molar-refractivity contribution in [2.45, 2.75) is 20.4 Å². The monoisotopic (exact) mass is 614 g/mol. The van der Waals surface area contributed by atoms with E-state index in [2.05, 4.69) is 21.2 Å². The number of anilines is 1. The van der Waals surface area contributed by atoms with Crippen LogP contribution in [0.5, 0.6) is 11.5 Å². The minimum atomic E-state index is -0.359. The molecule has 0 saturated carbocycles. The van der Waals surface area contributed by atoms with Crippen LogP contribution in [0.4, 0.5) is 10.5 Å². The fourth-order valence-corrected chi connectivity index (χ4v) is 5.03. The molecule has 0 spiro atoms. The number of imide groups is 1. The van der Waals surface area contributed by atoms with Gasteiger partial charge in [-0.3, -0.25) is 19.3 Å². The first-order chi connectivity index (χ1) is 18.2. The van der Waals surface area contributed by atoms with Crippen molar-refractivity contribution in [3.63, 3.8) is 0 Å². The zero-order valence-electron chi connectivity index (χ0n) is 20.6. The van der Waals surface area contributed by atoms with Gasteiger partial charge in [-0.15, -0.1) is 0 Å². The van der Waals surface area contributed by atoms with Crippen LogP contribution >= 0.6 is 39.3 Å².